The molecule has 1 aromatic carbocycles. The van der Waals surface area contributed by atoms with E-state index in [0.29, 0.717) is 5.92 Å². The molecule has 1 saturated heterocycles. The molecular formula is C15H20N2O. The van der Waals surface area contributed by atoms with Crippen molar-refractivity contribution in [3.05, 3.63) is 29.3 Å². The number of ether oxygens (including phenoxy) is 1. The molecule has 0 saturated carbocycles. The van der Waals surface area contributed by atoms with Crippen LogP contribution in [-0.4, -0.2) is 26.8 Å². The zero-order valence-corrected chi connectivity index (χ0v) is 11.1. The molecule has 0 aromatic heterocycles. The third-order valence-corrected chi connectivity index (χ3v) is 3.47. The minimum Gasteiger partial charge on any atom is -0.381 e. The lowest BCUT2D eigenvalue weighted by atomic mass is 10.0. The van der Waals surface area contributed by atoms with Gasteiger partial charge in [0.15, 0.2) is 0 Å². The largest absolute Gasteiger partial charge is 0.381 e. The van der Waals surface area contributed by atoms with Crippen molar-refractivity contribution < 1.29 is 4.74 Å². The van der Waals surface area contributed by atoms with Gasteiger partial charge in [-0.1, -0.05) is 6.07 Å². The molecule has 1 aromatic rings. The standard InChI is InChI=1S/C15H20N2O/c1-12-5-6-15(14(8-12)9-16)17(2)10-13-4-3-7-18-11-13/h5-6,8,13H,3-4,7,10-11H2,1-2H3. The van der Waals surface area contributed by atoms with Gasteiger partial charge in [-0.15, -0.1) is 0 Å². The lowest BCUT2D eigenvalue weighted by Crippen LogP contribution is -2.31. The first-order chi connectivity index (χ1) is 8.70. The summed E-state index contributed by atoms with van der Waals surface area (Å²) in [6.45, 7) is 4.71. The Bertz CT molecular complexity index is 444. The van der Waals surface area contributed by atoms with E-state index in [1.54, 1.807) is 0 Å². The maximum absolute atomic E-state index is 9.20. The minimum atomic E-state index is 0.580. The molecule has 3 heteroatoms. The summed E-state index contributed by atoms with van der Waals surface area (Å²) in [4.78, 5) is 2.18. The summed E-state index contributed by atoms with van der Waals surface area (Å²) in [6, 6.07) is 8.33. The Morgan fingerprint density at radius 2 is 2.33 bits per heavy atom. The van der Waals surface area contributed by atoms with Gasteiger partial charge in [0.2, 0.25) is 0 Å². The van der Waals surface area contributed by atoms with Crippen LogP contribution in [0.2, 0.25) is 0 Å². The van der Waals surface area contributed by atoms with Crippen molar-refractivity contribution in [3.8, 4) is 6.07 Å². The van der Waals surface area contributed by atoms with Crippen molar-refractivity contribution in [1.82, 2.24) is 0 Å². The van der Waals surface area contributed by atoms with Gasteiger partial charge in [0.1, 0.15) is 6.07 Å². The molecule has 1 unspecified atom stereocenters. The summed E-state index contributed by atoms with van der Waals surface area (Å²) in [5, 5.41) is 9.20. The highest BCUT2D eigenvalue weighted by Crippen LogP contribution is 2.23. The maximum atomic E-state index is 9.20. The molecular weight excluding hydrogens is 224 g/mol. The van der Waals surface area contributed by atoms with E-state index in [4.69, 9.17) is 4.74 Å². The predicted octanol–water partition coefficient (Wildman–Crippen LogP) is 2.73. The van der Waals surface area contributed by atoms with E-state index in [2.05, 4.69) is 24.1 Å². The van der Waals surface area contributed by atoms with Crippen molar-refractivity contribution in [2.24, 2.45) is 5.92 Å². The van der Waals surface area contributed by atoms with Gasteiger partial charge in [0.05, 0.1) is 17.9 Å². The highest BCUT2D eigenvalue weighted by Gasteiger charge is 2.17. The smallest absolute Gasteiger partial charge is 0.101 e. The molecule has 1 aliphatic rings. The van der Waals surface area contributed by atoms with E-state index < -0.39 is 0 Å². The third kappa shape index (κ3) is 3.02. The number of rotatable bonds is 3. The Hall–Kier alpha value is -1.53. The molecule has 0 radical (unpaired) electrons. The summed E-state index contributed by atoms with van der Waals surface area (Å²) in [6.07, 6.45) is 2.37. The number of benzene rings is 1. The summed E-state index contributed by atoms with van der Waals surface area (Å²) in [5.41, 5.74) is 2.91. The Labute approximate surface area is 109 Å². The van der Waals surface area contributed by atoms with Gasteiger partial charge in [-0.2, -0.15) is 5.26 Å². The van der Waals surface area contributed by atoms with E-state index in [1.165, 1.54) is 6.42 Å². The third-order valence-electron chi connectivity index (χ3n) is 3.47. The number of nitriles is 1. The first kappa shape index (κ1) is 12.9. The zero-order chi connectivity index (χ0) is 13.0. The highest BCUT2D eigenvalue weighted by molar-refractivity contribution is 5.60. The molecule has 0 spiro atoms. The number of hydrogen-bond donors (Lipinski definition) is 0. The van der Waals surface area contributed by atoms with Crippen LogP contribution in [0.3, 0.4) is 0 Å². The summed E-state index contributed by atoms with van der Waals surface area (Å²) in [7, 11) is 2.06. The topological polar surface area (TPSA) is 36.3 Å². The van der Waals surface area contributed by atoms with Crippen molar-refractivity contribution in [3.63, 3.8) is 0 Å². The van der Waals surface area contributed by atoms with Crippen LogP contribution in [0.1, 0.15) is 24.0 Å². The molecule has 96 valence electrons. The van der Waals surface area contributed by atoms with Gasteiger partial charge in [0.25, 0.3) is 0 Å². The molecule has 0 amide bonds. The summed E-state index contributed by atoms with van der Waals surface area (Å²) >= 11 is 0. The van der Waals surface area contributed by atoms with Crippen LogP contribution in [0.4, 0.5) is 5.69 Å². The number of nitrogens with zero attached hydrogens (tertiary/aromatic N) is 2. The molecule has 1 heterocycles. The fraction of sp³-hybridized carbons (Fsp3) is 0.533. The van der Waals surface area contributed by atoms with Crippen LogP contribution in [-0.2, 0) is 4.74 Å². The van der Waals surface area contributed by atoms with Gasteiger partial charge in [-0.3, -0.25) is 0 Å². The summed E-state index contributed by atoms with van der Waals surface area (Å²) < 4.78 is 5.50. The molecule has 1 fully saturated rings. The van der Waals surface area contributed by atoms with Crippen LogP contribution in [0.15, 0.2) is 18.2 Å². The molecule has 18 heavy (non-hydrogen) atoms. The monoisotopic (exact) mass is 244 g/mol. The second-order valence-electron chi connectivity index (χ2n) is 5.10. The minimum absolute atomic E-state index is 0.580. The first-order valence-electron chi connectivity index (χ1n) is 6.50. The van der Waals surface area contributed by atoms with Crippen molar-refractivity contribution >= 4 is 5.69 Å². The van der Waals surface area contributed by atoms with Crippen molar-refractivity contribution in [2.45, 2.75) is 19.8 Å². The normalized spacial score (nSPS) is 19.3. The zero-order valence-electron chi connectivity index (χ0n) is 11.1. The maximum Gasteiger partial charge on any atom is 0.101 e. The van der Waals surface area contributed by atoms with Crippen molar-refractivity contribution in [1.29, 1.82) is 5.26 Å². The molecule has 2 rings (SSSR count). The highest BCUT2D eigenvalue weighted by atomic mass is 16.5. The lowest BCUT2D eigenvalue weighted by Gasteiger charge is -2.29. The molecule has 0 N–H and O–H groups in total. The number of hydrogen-bond acceptors (Lipinski definition) is 3. The Balaban J connectivity index is 2.08. The van der Waals surface area contributed by atoms with Gasteiger partial charge in [-0.05, 0) is 43.4 Å². The van der Waals surface area contributed by atoms with Crippen LogP contribution < -0.4 is 4.90 Å². The lowest BCUT2D eigenvalue weighted by molar-refractivity contribution is 0.0576. The molecule has 1 atom stereocenters. The van der Waals surface area contributed by atoms with Gasteiger partial charge in [-0.25, -0.2) is 0 Å². The average Bonchev–Trinajstić information content (AvgIpc) is 2.39. The van der Waals surface area contributed by atoms with Gasteiger partial charge >= 0.3 is 0 Å². The van der Waals surface area contributed by atoms with Crippen molar-refractivity contribution in [2.75, 3.05) is 31.7 Å². The van der Waals surface area contributed by atoms with E-state index in [-0.39, 0.29) is 0 Å². The van der Waals surface area contributed by atoms with E-state index >= 15 is 0 Å². The van der Waals surface area contributed by atoms with Gasteiger partial charge < -0.3 is 9.64 Å². The van der Waals surface area contributed by atoms with Crippen LogP contribution in [0, 0.1) is 24.2 Å². The predicted molar refractivity (Wildman–Crippen MR) is 72.7 cm³/mol. The SMILES string of the molecule is Cc1ccc(N(C)CC2CCCOC2)c(C#N)c1. The van der Waals surface area contributed by atoms with Gasteiger partial charge in [0, 0.05) is 20.2 Å². The van der Waals surface area contributed by atoms with Crippen LogP contribution in [0.5, 0.6) is 0 Å². The summed E-state index contributed by atoms with van der Waals surface area (Å²) in [5.74, 6) is 0.580. The molecule has 0 bridgehead atoms. The second-order valence-corrected chi connectivity index (χ2v) is 5.10. The fourth-order valence-electron chi connectivity index (χ4n) is 2.51. The fourth-order valence-corrected chi connectivity index (χ4v) is 2.51. The Morgan fingerprint density at radius 1 is 1.50 bits per heavy atom. The van der Waals surface area contributed by atoms with Crippen LogP contribution in [0.25, 0.3) is 0 Å². The Kier molecular flexibility index (Phi) is 4.22. The second kappa shape index (κ2) is 5.88. The Morgan fingerprint density at radius 3 is 3.00 bits per heavy atom. The molecule has 3 nitrogen and oxygen atoms in total. The van der Waals surface area contributed by atoms with E-state index in [9.17, 15) is 5.26 Å². The first-order valence-corrected chi connectivity index (χ1v) is 6.50. The molecule has 1 aliphatic heterocycles. The van der Waals surface area contributed by atoms with E-state index in [0.717, 1.165) is 43.0 Å². The van der Waals surface area contributed by atoms with Crippen LogP contribution >= 0.6 is 0 Å². The number of aryl methyl sites for hydroxylation is 1. The number of anilines is 1. The molecule has 0 aliphatic carbocycles. The average molecular weight is 244 g/mol. The quantitative estimate of drug-likeness (QED) is 0.820. The van der Waals surface area contributed by atoms with E-state index in [1.807, 2.05) is 19.1 Å².